The first-order valence-electron chi connectivity index (χ1n) is 10.5. The zero-order valence-electron chi connectivity index (χ0n) is 17.4. The summed E-state index contributed by atoms with van der Waals surface area (Å²) in [6.07, 6.45) is 2.42. The lowest BCUT2D eigenvalue weighted by atomic mass is 9.77. The normalized spacial score (nSPS) is 20.4. The molecule has 0 radical (unpaired) electrons. The lowest BCUT2D eigenvalue weighted by molar-refractivity contribution is -0.139. The Kier molecular flexibility index (Phi) is 6.12. The molecule has 166 valence electrons. The fourth-order valence-electron chi connectivity index (χ4n) is 4.75. The molecule has 2 aromatic rings. The molecule has 0 aliphatic carbocycles. The van der Waals surface area contributed by atoms with Crippen molar-refractivity contribution in [3.05, 3.63) is 64.9 Å². The highest BCUT2D eigenvalue weighted by Crippen LogP contribution is 2.43. The SMILES string of the molecule is CC(Cc1ccc(F)cc1)N1CCC2(CCN(S(=O)(=O)c3ccccc3Cl)CC2)C1=O. The fraction of sp³-hybridized carbons (Fsp3) is 0.435. The van der Waals surface area contributed by atoms with Crippen LogP contribution < -0.4 is 0 Å². The van der Waals surface area contributed by atoms with Crippen LogP contribution in [0.1, 0.15) is 31.7 Å². The number of carbonyl (C=O) groups is 1. The molecular formula is C23H26ClFN2O3S. The quantitative estimate of drug-likeness (QED) is 0.669. The number of nitrogens with zero attached hydrogens (tertiary/aromatic N) is 2. The highest BCUT2D eigenvalue weighted by molar-refractivity contribution is 7.89. The van der Waals surface area contributed by atoms with Crippen LogP contribution in [0.4, 0.5) is 4.39 Å². The topological polar surface area (TPSA) is 57.7 Å². The zero-order valence-corrected chi connectivity index (χ0v) is 19.0. The third kappa shape index (κ3) is 4.23. The third-order valence-corrected chi connectivity index (χ3v) is 9.05. The zero-order chi connectivity index (χ0) is 22.2. The number of sulfonamides is 1. The molecule has 2 aromatic carbocycles. The Balaban J connectivity index is 1.42. The highest BCUT2D eigenvalue weighted by Gasteiger charge is 2.50. The molecule has 2 aliphatic heterocycles. The Morgan fingerprint density at radius 1 is 1.03 bits per heavy atom. The maximum absolute atomic E-state index is 13.3. The fourth-order valence-corrected chi connectivity index (χ4v) is 6.69. The van der Waals surface area contributed by atoms with Crippen molar-refractivity contribution in [1.82, 2.24) is 9.21 Å². The minimum Gasteiger partial charge on any atom is -0.339 e. The van der Waals surface area contributed by atoms with Gasteiger partial charge >= 0.3 is 0 Å². The van der Waals surface area contributed by atoms with E-state index in [0.717, 1.165) is 12.0 Å². The highest BCUT2D eigenvalue weighted by atomic mass is 35.5. The van der Waals surface area contributed by atoms with Gasteiger partial charge in [-0.3, -0.25) is 4.79 Å². The number of halogens is 2. The molecular weight excluding hydrogens is 439 g/mol. The number of amides is 1. The Bertz CT molecular complexity index is 1070. The monoisotopic (exact) mass is 464 g/mol. The average Bonchev–Trinajstić information content (AvgIpc) is 3.06. The number of benzene rings is 2. The Labute approximate surface area is 187 Å². The standard InChI is InChI=1S/C23H26ClFN2O3S/c1-17(16-18-6-8-19(25)9-7-18)27-15-12-23(22(27)28)10-13-26(14-11-23)31(29,30)21-5-3-2-4-20(21)24/h2-9,17H,10-16H2,1H3. The molecule has 1 unspecified atom stereocenters. The van der Waals surface area contributed by atoms with E-state index in [4.69, 9.17) is 11.6 Å². The number of piperidine rings is 1. The second-order valence-electron chi connectivity index (χ2n) is 8.54. The smallest absolute Gasteiger partial charge is 0.244 e. The van der Waals surface area contributed by atoms with E-state index in [1.807, 2.05) is 11.8 Å². The number of hydrogen-bond donors (Lipinski definition) is 0. The molecule has 0 N–H and O–H groups in total. The van der Waals surface area contributed by atoms with Gasteiger partial charge in [-0.25, -0.2) is 12.8 Å². The predicted molar refractivity (Wildman–Crippen MR) is 118 cm³/mol. The first-order chi connectivity index (χ1) is 14.7. The lowest BCUT2D eigenvalue weighted by Crippen LogP contribution is -2.48. The summed E-state index contributed by atoms with van der Waals surface area (Å²) >= 11 is 6.11. The van der Waals surface area contributed by atoms with Gasteiger partial charge in [0.1, 0.15) is 10.7 Å². The molecule has 4 rings (SSSR count). The van der Waals surface area contributed by atoms with Crippen molar-refractivity contribution in [1.29, 1.82) is 0 Å². The maximum Gasteiger partial charge on any atom is 0.244 e. The molecule has 0 bridgehead atoms. The summed E-state index contributed by atoms with van der Waals surface area (Å²) in [5.41, 5.74) is 0.493. The second-order valence-corrected chi connectivity index (χ2v) is 10.9. The summed E-state index contributed by atoms with van der Waals surface area (Å²) in [5, 5.41) is 0.209. The minimum atomic E-state index is -3.68. The third-order valence-electron chi connectivity index (χ3n) is 6.66. The van der Waals surface area contributed by atoms with Crippen LogP contribution >= 0.6 is 11.6 Å². The van der Waals surface area contributed by atoms with Gasteiger partial charge < -0.3 is 4.90 Å². The van der Waals surface area contributed by atoms with E-state index in [0.29, 0.717) is 38.9 Å². The summed E-state index contributed by atoms with van der Waals surface area (Å²) < 4.78 is 40.6. The van der Waals surface area contributed by atoms with E-state index in [1.54, 1.807) is 30.3 Å². The van der Waals surface area contributed by atoms with Crippen molar-refractivity contribution in [2.45, 2.75) is 43.5 Å². The molecule has 2 saturated heterocycles. The van der Waals surface area contributed by atoms with Crippen molar-refractivity contribution in [2.24, 2.45) is 5.41 Å². The average molecular weight is 465 g/mol. The molecule has 1 amide bonds. The van der Waals surface area contributed by atoms with Crippen LogP contribution in [0.25, 0.3) is 0 Å². The lowest BCUT2D eigenvalue weighted by Gasteiger charge is -2.38. The first-order valence-corrected chi connectivity index (χ1v) is 12.3. The largest absolute Gasteiger partial charge is 0.339 e. The van der Waals surface area contributed by atoms with Crippen molar-refractivity contribution >= 4 is 27.5 Å². The van der Waals surface area contributed by atoms with Crippen molar-refractivity contribution in [3.63, 3.8) is 0 Å². The van der Waals surface area contributed by atoms with Crippen LogP contribution in [0.15, 0.2) is 53.4 Å². The number of likely N-dealkylation sites (tertiary alicyclic amines) is 1. The number of hydrogen-bond acceptors (Lipinski definition) is 3. The summed E-state index contributed by atoms with van der Waals surface area (Å²) in [6, 6.07) is 12.8. The Morgan fingerprint density at radius 3 is 2.29 bits per heavy atom. The molecule has 0 saturated carbocycles. The molecule has 1 atom stereocenters. The van der Waals surface area contributed by atoms with Gasteiger partial charge in [-0.1, -0.05) is 35.9 Å². The van der Waals surface area contributed by atoms with Gasteiger partial charge in [-0.15, -0.1) is 0 Å². The van der Waals surface area contributed by atoms with E-state index in [2.05, 4.69) is 0 Å². The van der Waals surface area contributed by atoms with Crippen molar-refractivity contribution in [3.8, 4) is 0 Å². The molecule has 2 fully saturated rings. The molecule has 2 aliphatic rings. The molecule has 2 heterocycles. The summed E-state index contributed by atoms with van der Waals surface area (Å²) in [5.74, 6) is -0.164. The van der Waals surface area contributed by atoms with E-state index >= 15 is 0 Å². The molecule has 5 nitrogen and oxygen atoms in total. The molecule has 8 heteroatoms. The first kappa shape index (κ1) is 22.2. The molecule has 0 aromatic heterocycles. The van der Waals surface area contributed by atoms with E-state index in [-0.39, 0.29) is 27.7 Å². The van der Waals surface area contributed by atoms with Gasteiger partial charge in [-0.05, 0) is 62.4 Å². The molecule has 31 heavy (non-hydrogen) atoms. The van der Waals surface area contributed by atoms with Gasteiger partial charge in [0.15, 0.2) is 0 Å². The Hall–Kier alpha value is -1.96. The van der Waals surface area contributed by atoms with E-state index in [1.165, 1.54) is 22.5 Å². The van der Waals surface area contributed by atoms with E-state index in [9.17, 15) is 17.6 Å². The summed E-state index contributed by atoms with van der Waals surface area (Å²) in [7, 11) is -3.68. The van der Waals surface area contributed by atoms with E-state index < -0.39 is 15.4 Å². The number of carbonyl (C=O) groups excluding carboxylic acids is 1. The van der Waals surface area contributed by atoms with Crippen molar-refractivity contribution < 1.29 is 17.6 Å². The van der Waals surface area contributed by atoms with Crippen LogP contribution in [-0.2, 0) is 21.2 Å². The van der Waals surface area contributed by atoms with Gasteiger partial charge in [0.05, 0.1) is 10.4 Å². The van der Waals surface area contributed by atoms with Gasteiger partial charge in [0.2, 0.25) is 15.9 Å². The van der Waals surface area contributed by atoms with Crippen molar-refractivity contribution in [2.75, 3.05) is 19.6 Å². The van der Waals surface area contributed by atoms with Gasteiger partial charge in [0.25, 0.3) is 0 Å². The minimum absolute atomic E-state index is 0.00206. The molecule has 1 spiro atoms. The summed E-state index contributed by atoms with van der Waals surface area (Å²) in [6.45, 7) is 3.29. The number of rotatable bonds is 5. The predicted octanol–water partition coefficient (Wildman–Crippen LogP) is 4.11. The van der Waals surface area contributed by atoms with Crippen LogP contribution in [0, 0.1) is 11.2 Å². The summed E-state index contributed by atoms with van der Waals surface area (Å²) in [4.78, 5) is 15.3. The van der Waals surface area contributed by atoms with Crippen LogP contribution in [-0.4, -0.2) is 49.2 Å². The Morgan fingerprint density at radius 2 is 1.65 bits per heavy atom. The van der Waals surface area contributed by atoms with Crippen LogP contribution in [0.5, 0.6) is 0 Å². The van der Waals surface area contributed by atoms with Gasteiger partial charge in [0, 0.05) is 25.7 Å². The van der Waals surface area contributed by atoms with Crippen LogP contribution in [0.3, 0.4) is 0 Å². The second kappa shape index (κ2) is 8.52. The van der Waals surface area contributed by atoms with Crippen LogP contribution in [0.2, 0.25) is 5.02 Å². The maximum atomic E-state index is 13.3. The van der Waals surface area contributed by atoms with Gasteiger partial charge in [-0.2, -0.15) is 4.31 Å².